The minimum Gasteiger partial charge on any atom is -0.399 e. The molecule has 0 saturated heterocycles. The first-order valence-corrected chi connectivity index (χ1v) is 7.67. The van der Waals surface area contributed by atoms with Crippen LogP contribution >= 0.6 is 15.9 Å². The van der Waals surface area contributed by atoms with Gasteiger partial charge in [-0.25, -0.2) is 0 Å². The highest BCUT2D eigenvalue weighted by Crippen LogP contribution is 2.20. The molecule has 21 heavy (non-hydrogen) atoms. The van der Waals surface area contributed by atoms with Gasteiger partial charge in [0, 0.05) is 28.3 Å². The number of hydrogen-bond acceptors (Lipinski definition) is 2. The fraction of sp³-hybridized carbons (Fsp3) is 0.235. The smallest absolute Gasteiger partial charge is 0.254 e. The molecule has 0 aromatic heterocycles. The highest BCUT2D eigenvalue weighted by Gasteiger charge is 2.19. The quantitative estimate of drug-likeness (QED) is 0.847. The number of amides is 1. The van der Waals surface area contributed by atoms with Crippen molar-refractivity contribution in [3.05, 3.63) is 64.1 Å². The topological polar surface area (TPSA) is 46.3 Å². The van der Waals surface area contributed by atoms with Gasteiger partial charge in [0.15, 0.2) is 0 Å². The number of anilines is 1. The van der Waals surface area contributed by atoms with Gasteiger partial charge in [-0.15, -0.1) is 0 Å². The number of rotatable bonds is 4. The lowest BCUT2D eigenvalue weighted by Crippen LogP contribution is -2.36. The van der Waals surface area contributed by atoms with Crippen LogP contribution in [0.4, 0.5) is 5.69 Å². The number of benzene rings is 2. The third-order valence-electron chi connectivity index (χ3n) is 3.25. The van der Waals surface area contributed by atoms with Crippen LogP contribution in [0.1, 0.15) is 29.8 Å². The van der Waals surface area contributed by atoms with Crippen molar-refractivity contribution in [2.45, 2.75) is 26.4 Å². The predicted molar refractivity (Wildman–Crippen MR) is 90.0 cm³/mol. The van der Waals surface area contributed by atoms with Crippen LogP contribution in [0.25, 0.3) is 0 Å². The molecule has 0 saturated carbocycles. The van der Waals surface area contributed by atoms with E-state index in [1.54, 1.807) is 18.2 Å². The minimum atomic E-state index is -0.0122. The first-order chi connectivity index (χ1) is 9.97. The first kappa shape index (κ1) is 15.6. The Morgan fingerprint density at radius 3 is 2.43 bits per heavy atom. The Hall–Kier alpha value is -1.81. The van der Waals surface area contributed by atoms with Crippen LogP contribution in [0.2, 0.25) is 0 Å². The van der Waals surface area contributed by atoms with Crippen molar-refractivity contribution in [3.8, 4) is 0 Å². The van der Waals surface area contributed by atoms with Gasteiger partial charge in [-0.2, -0.15) is 0 Å². The Labute approximate surface area is 133 Å². The molecule has 1 amide bonds. The van der Waals surface area contributed by atoms with Crippen LogP contribution in [0, 0.1) is 0 Å². The molecule has 2 aromatic rings. The van der Waals surface area contributed by atoms with Crippen LogP contribution in [0.3, 0.4) is 0 Å². The molecule has 0 fully saturated rings. The fourth-order valence-corrected chi connectivity index (χ4v) is 2.68. The molecular formula is C17H19BrN2O. The number of nitrogens with zero attached hydrogens (tertiary/aromatic N) is 1. The monoisotopic (exact) mass is 346 g/mol. The summed E-state index contributed by atoms with van der Waals surface area (Å²) in [5, 5.41) is 0. The van der Waals surface area contributed by atoms with Crippen molar-refractivity contribution >= 4 is 27.5 Å². The molecule has 0 atom stereocenters. The highest BCUT2D eigenvalue weighted by atomic mass is 79.9. The summed E-state index contributed by atoms with van der Waals surface area (Å²) in [6.45, 7) is 4.62. The normalized spacial score (nSPS) is 10.7. The van der Waals surface area contributed by atoms with Crippen molar-refractivity contribution < 1.29 is 4.79 Å². The van der Waals surface area contributed by atoms with Crippen molar-refractivity contribution in [1.29, 1.82) is 0 Å². The van der Waals surface area contributed by atoms with Crippen LogP contribution in [0.15, 0.2) is 53.0 Å². The number of hydrogen-bond donors (Lipinski definition) is 1. The zero-order valence-corrected chi connectivity index (χ0v) is 13.8. The average Bonchev–Trinajstić information content (AvgIpc) is 2.44. The van der Waals surface area contributed by atoms with E-state index in [9.17, 15) is 4.79 Å². The summed E-state index contributed by atoms with van der Waals surface area (Å²) < 4.78 is 0.814. The van der Waals surface area contributed by atoms with Crippen LogP contribution < -0.4 is 5.73 Å². The van der Waals surface area contributed by atoms with E-state index in [1.165, 1.54) is 0 Å². The standard InChI is InChI=1S/C17H19BrN2O/c1-12(2)20(11-13-6-4-3-5-7-13)17(21)14-8-15(18)10-16(19)9-14/h3-10,12H,11,19H2,1-2H3. The number of halogens is 1. The predicted octanol–water partition coefficient (Wildman–Crippen LogP) is 4.08. The van der Waals surface area contributed by atoms with E-state index in [-0.39, 0.29) is 11.9 Å². The first-order valence-electron chi connectivity index (χ1n) is 6.88. The summed E-state index contributed by atoms with van der Waals surface area (Å²) in [6, 6.07) is 15.4. The SMILES string of the molecule is CC(C)N(Cc1ccccc1)C(=O)c1cc(N)cc(Br)c1. The Morgan fingerprint density at radius 2 is 1.86 bits per heavy atom. The molecule has 0 aliphatic carbocycles. The largest absolute Gasteiger partial charge is 0.399 e. The van der Waals surface area contributed by atoms with E-state index in [1.807, 2.05) is 49.1 Å². The summed E-state index contributed by atoms with van der Waals surface area (Å²) >= 11 is 3.38. The second-order valence-electron chi connectivity index (χ2n) is 5.29. The Morgan fingerprint density at radius 1 is 1.19 bits per heavy atom. The highest BCUT2D eigenvalue weighted by molar-refractivity contribution is 9.10. The summed E-state index contributed by atoms with van der Waals surface area (Å²) in [4.78, 5) is 14.6. The lowest BCUT2D eigenvalue weighted by molar-refractivity contribution is 0.0690. The Kier molecular flexibility index (Phi) is 5.02. The molecule has 0 radical (unpaired) electrons. The van der Waals surface area contributed by atoms with E-state index in [0.717, 1.165) is 10.0 Å². The lowest BCUT2D eigenvalue weighted by atomic mass is 10.1. The maximum absolute atomic E-state index is 12.7. The number of nitrogen functional groups attached to an aromatic ring is 1. The lowest BCUT2D eigenvalue weighted by Gasteiger charge is -2.27. The second-order valence-corrected chi connectivity index (χ2v) is 6.20. The van der Waals surface area contributed by atoms with Gasteiger partial charge in [0.2, 0.25) is 0 Å². The molecule has 3 nitrogen and oxygen atoms in total. The summed E-state index contributed by atoms with van der Waals surface area (Å²) in [5.74, 6) is -0.0122. The Bertz CT molecular complexity index is 606. The van der Waals surface area contributed by atoms with E-state index < -0.39 is 0 Å². The van der Waals surface area contributed by atoms with Crippen molar-refractivity contribution in [1.82, 2.24) is 4.90 Å². The molecule has 0 bridgehead atoms. The molecule has 0 aliphatic heterocycles. The zero-order chi connectivity index (χ0) is 15.4. The van der Waals surface area contributed by atoms with Gasteiger partial charge < -0.3 is 10.6 Å². The van der Waals surface area contributed by atoms with E-state index in [4.69, 9.17) is 5.73 Å². The van der Waals surface area contributed by atoms with Crippen LogP contribution in [0.5, 0.6) is 0 Å². The van der Waals surface area contributed by atoms with Gasteiger partial charge >= 0.3 is 0 Å². The van der Waals surface area contributed by atoms with Crippen molar-refractivity contribution in [2.24, 2.45) is 0 Å². The average molecular weight is 347 g/mol. The molecule has 4 heteroatoms. The zero-order valence-electron chi connectivity index (χ0n) is 12.2. The molecule has 110 valence electrons. The maximum atomic E-state index is 12.7. The van der Waals surface area contributed by atoms with Gasteiger partial charge in [-0.05, 0) is 37.6 Å². The molecular weight excluding hydrogens is 328 g/mol. The van der Waals surface area contributed by atoms with Gasteiger partial charge in [0.25, 0.3) is 5.91 Å². The number of nitrogens with two attached hydrogens (primary N) is 1. The van der Waals surface area contributed by atoms with Crippen molar-refractivity contribution in [2.75, 3.05) is 5.73 Å². The number of carbonyl (C=O) groups is 1. The van der Waals surface area contributed by atoms with Crippen molar-refractivity contribution in [3.63, 3.8) is 0 Å². The fourth-order valence-electron chi connectivity index (χ4n) is 2.17. The molecule has 0 aliphatic rings. The van der Waals surface area contributed by atoms with Gasteiger partial charge in [0.05, 0.1) is 0 Å². The van der Waals surface area contributed by atoms with Crippen LogP contribution in [-0.2, 0) is 6.54 Å². The van der Waals surface area contributed by atoms with E-state index in [2.05, 4.69) is 15.9 Å². The van der Waals surface area contributed by atoms with Crippen LogP contribution in [-0.4, -0.2) is 16.8 Å². The Balaban J connectivity index is 2.27. The molecule has 0 spiro atoms. The molecule has 2 aromatic carbocycles. The van der Waals surface area contributed by atoms with Gasteiger partial charge in [-0.1, -0.05) is 46.3 Å². The third-order valence-corrected chi connectivity index (χ3v) is 3.70. The molecule has 0 unspecified atom stereocenters. The van der Waals surface area contributed by atoms with Gasteiger partial charge in [-0.3, -0.25) is 4.79 Å². The minimum absolute atomic E-state index is 0.0122. The molecule has 2 N–H and O–H groups in total. The molecule has 2 rings (SSSR count). The second kappa shape index (κ2) is 6.76. The molecule has 0 heterocycles. The van der Waals surface area contributed by atoms with Gasteiger partial charge in [0.1, 0.15) is 0 Å². The summed E-state index contributed by atoms with van der Waals surface area (Å²) in [6.07, 6.45) is 0. The van der Waals surface area contributed by atoms with E-state index in [0.29, 0.717) is 17.8 Å². The third kappa shape index (κ3) is 4.08. The summed E-state index contributed by atoms with van der Waals surface area (Å²) in [5.41, 5.74) is 8.12. The maximum Gasteiger partial charge on any atom is 0.254 e. The number of carbonyl (C=O) groups excluding carboxylic acids is 1. The van der Waals surface area contributed by atoms with E-state index >= 15 is 0 Å². The summed E-state index contributed by atoms with van der Waals surface area (Å²) in [7, 11) is 0.